The molecule has 1 fully saturated rings. The summed E-state index contributed by atoms with van der Waals surface area (Å²) >= 11 is 0. The molecule has 0 bridgehead atoms. The van der Waals surface area contributed by atoms with Gasteiger partial charge >= 0.3 is 0 Å². The fourth-order valence-electron chi connectivity index (χ4n) is 2.50. The third kappa shape index (κ3) is 5.72. The first kappa shape index (κ1) is 20.3. The van der Waals surface area contributed by atoms with Crippen molar-refractivity contribution in [2.75, 3.05) is 46.6 Å². The van der Waals surface area contributed by atoms with E-state index in [4.69, 9.17) is 19.5 Å². The highest BCUT2D eigenvalue weighted by molar-refractivity contribution is 6.01. The third-order valence-electron chi connectivity index (χ3n) is 3.89. The second-order valence-electron chi connectivity index (χ2n) is 5.67. The van der Waals surface area contributed by atoms with E-state index >= 15 is 0 Å². The standard InChI is InChI=1S/C19H23N3O5/c1-3-26-17-11-14(10-15(12-20)19(24)21-2)4-5-16(17)27-13-18(23)22-6-8-25-9-7-22/h4-5,10-11H,3,6-9,13H2,1-2H3,(H,21,24)/b15-10-. The number of nitriles is 1. The summed E-state index contributed by atoms with van der Waals surface area (Å²) in [5, 5.41) is 11.5. The number of hydrogen-bond acceptors (Lipinski definition) is 6. The molecule has 0 spiro atoms. The fraction of sp³-hybridized carbons (Fsp3) is 0.421. The molecular weight excluding hydrogens is 350 g/mol. The van der Waals surface area contributed by atoms with E-state index in [1.54, 1.807) is 23.1 Å². The first-order valence-electron chi connectivity index (χ1n) is 8.68. The molecule has 1 aromatic carbocycles. The molecule has 2 amide bonds. The molecule has 1 heterocycles. The van der Waals surface area contributed by atoms with Crippen LogP contribution in [0, 0.1) is 11.3 Å². The number of likely N-dealkylation sites (N-methyl/N-ethyl adjacent to an activating group) is 1. The van der Waals surface area contributed by atoms with Crippen LogP contribution in [-0.2, 0) is 14.3 Å². The van der Waals surface area contributed by atoms with E-state index in [1.807, 2.05) is 13.0 Å². The molecule has 0 unspecified atom stereocenters. The van der Waals surface area contributed by atoms with Gasteiger partial charge in [0.25, 0.3) is 11.8 Å². The number of nitrogens with one attached hydrogen (secondary N) is 1. The molecule has 0 radical (unpaired) electrons. The summed E-state index contributed by atoms with van der Waals surface area (Å²) in [4.78, 5) is 25.6. The maximum atomic E-state index is 12.2. The Morgan fingerprint density at radius 1 is 1.30 bits per heavy atom. The predicted octanol–water partition coefficient (Wildman–Crippen LogP) is 0.976. The summed E-state index contributed by atoms with van der Waals surface area (Å²) in [5.74, 6) is 0.285. The number of amides is 2. The Bertz CT molecular complexity index is 748. The van der Waals surface area contributed by atoms with Gasteiger partial charge in [-0.3, -0.25) is 9.59 Å². The Morgan fingerprint density at radius 3 is 2.67 bits per heavy atom. The first-order valence-corrected chi connectivity index (χ1v) is 8.68. The molecule has 1 aromatic rings. The van der Waals surface area contributed by atoms with Gasteiger partial charge < -0.3 is 24.4 Å². The first-order chi connectivity index (χ1) is 13.1. The quantitative estimate of drug-likeness (QED) is 0.565. The molecule has 1 saturated heterocycles. The average Bonchev–Trinajstić information content (AvgIpc) is 2.71. The normalized spacial score (nSPS) is 14.3. The van der Waals surface area contributed by atoms with Gasteiger partial charge in [-0.2, -0.15) is 5.26 Å². The van der Waals surface area contributed by atoms with Crippen molar-refractivity contribution >= 4 is 17.9 Å². The minimum atomic E-state index is -0.466. The molecule has 8 nitrogen and oxygen atoms in total. The lowest BCUT2D eigenvalue weighted by Crippen LogP contribution is -2.43. The van der Waals surface area contributed by atoms with E-state index in [-0.39, 0.29) is 18.1 Å². The van der Waals surface area contributed by atoms with E-state index in [1.165, 1.54) is 13.1 Å². The van der Waals surface area contributed by atoms with Gasteiger partial charge in [-0.15, -0.1) is 0 Å². The van der Waals surface area contributed by atoms with Crippen LogP contribution in [0.4, 0.5) is 0 Å². The highest BCUT2D eigenvalue weighted by Gasteiger charge is 2.18. The van der Waals surface area contributed by atoms with Crippen molar-refractivity contribution in [3.05, 3.63) is 29.3 Å². The van der Waals surface area contributed by atoms with E-state index in [0.29, 0.717) is 50.0 Å². The summed E-state index contributed by atoms with van der Waals surface area (Å²) in [7, 11) is 1.46. The summed E-state index contributed by atoms with van der Waals surface area (Å²) in [6, 6.07) is 6.87. The molecule has 27 heavy (non-hydrogen) atoms. The third-order valence-corrected chi connectivity index (χ3v) is 3.89. The lowest BCUT2D eigenvalue weighted by atomic mass is 10.1. The van der Waals surface area contributed by atoms with Crippen LogP contribution in [0.5, 0.6) is 11.5 Å². The zero-order valence-electron chi connectivity index (χ0n) is 15.5. The van der Waals surface area contributed by atoms with E-state index in [2.05, 4.69) is 5.32 Å². The minimum absolute atomic E-state index is 0.0175. The van der Waals surface area contributed by atoms with Gasteiger partial charge in [0.2, 0.25) is 0 Å². The highest BCUT2D eigenvalue weighted by Crippen LogP contribution is 2.29. The van der Waals surface area contributed by atoms with Crippen molar-refractivity contribution in [2.45, 2.75) is 6.92 Å². The van der Waals surface area contributed by atoms with Crippen molar-refractivity contribution < 1.29 is 23.8 Å². The Labute approximate surface area is 158 Å². The van der Waals surface area contributed by atoms with E-state index in [0.717, 1.165) is 0 Å². The van der Waals surface area contributed by atoms with Crippen LogP contribution in [0.2, 0.25) is 0 Å². The number of carbonyl (C=O) groups excluding carboxylic acids is 2. The summed E-state index contributed by atoms with van der Waals surface area (Å²) < 4.78 is 16.4. The van der Waals surface area contributed by atoms with Gasteiger partial charge in [-0.05, 0) is 30.7 Å². The Balaban J connectivity index is 2.12. The zero-order valence-corrected chi connectivity index (χ0v) is 15.5. The van der Waals surface area contributed by atoms with Gasteiger partial charge in [0, 0.05) is 20.1 Å². The summed E-state index contributed by atoms with van der Waals surface area (Å²) in [6.45, 7) is 4.31. The van der Waals surface area contributed by atoms with Gasteiger partial charge in [-0.25, -0.2) is 0 Å². The van der Waals surface area contributed by atoms with Crippen LogP contribution in [-0.4, -0.2) is 63.3 Å². The molecular formula is C19H23N3O5. The fourth-order valence-corrected chi connectivity index (χ4v) is 2.50. The Kier molecular flexibility index (Phi) is 7.64. The molecule has 0 aromatic heterocycles. The Hall–Kier alpha value is -3.05. The molecule has 1 aliphatic rings. The molecule has 0 atom stereocenters. The molecule has 8 heteroatoms. The lowest BCUT2D eigenvalue weighted by molar-refractivity contribution is -0.137. The van der Waals surface area contributed by atoms with Crippen molar-refractivity contribution in [3.63, 3.8) is 0 Å². The number of nitrogens with zero attached hydrogens (tertiary/aromatic N) is 2. The second kappa shape index (κ2) is 10.2. The number of benzene rings is 1. The molecule has 0 saturated carbocycles. The maximum absolute atomic E-state index is 12.2. The van der Waals surface area contributed by atoms with Crippen LogP contribution in [0.3, 0.4) is 0 Å². The largest absolute Gasteiger partial charge is 0.490 e. The molecule has 0 aliphatic carbocycles. The molecule has 1 N–H and O–H groups in total. The summed E-state index contributed by atoms with van der Waals surface area (Å²) in [6.07, 6.45) is 1.46. The van der Waals surface area contributed by atoms with Crippen LogP contribution < -0.4 is 14.8 Å². The number of carbonyl (C=O) groups is 2. The number of ether oxygens (including phenoxy) is 3. The van der Waals surface area contributed by atoms with E-state index in [9.17, 15) is 9.59 Å². The second-order valence-corrected chi connectivity index (χ2v) is 5.67. The number of morpholine rings is 1. The summed E-state index contributed by atoms with van der Waals surface area (Å²) in [5.41, 5.74) is 0.599. The van der Waals surface area contributed by atoms with Gasteiger partial charge in [0.05, 0.1) is 19.8 Å². The highest BCUT2D eigenvalue weighted by atomic mass is 16.5. The monoisotopic (exact) mass is 373 g/mol. The van der Waals surface area contributed by atoms with Crippen LogP contribution in [0.1, 0.15) is 12.5 Å². The van der Waals surface area contributed by atoms with Gasteiger partial charge in [-0.1, -0.05) is 6.07 Å². The van der Waals surface area contributed by atoms with Gasteiger partial charge in [0.1, 0.15) is 11.6 Å². The van der Waals surface area contributed by atoms with Crippen molar-refractivity contribution in [3.8, 4) is 17.6 Å². The molecule has 1 aliphatic heterocycles. The topological polar surface area (TPSA) is 101 Å². The average molecular weight is 373 g/mol. The SMILES string of the molecule is CCOc1cc(/C=C(/C#N)C(=O)NC)ccc1OCC(=O)N1CCOCC1. The molecule has 2 rings (SSSR count). The van der Waals surface area contributed by atoms with Crippen molar-refractivity contribution in [1.82, 2.24) is 10.2 Å². The van der Waals surface area contributed by atoms with Crippen LogP contribution >= 0.6 is 0 Å². The predicted molar refractivity (Wildman–Crippen MR) is 98.2 cm³/mol. The van der Waals surface area contributed by atoms with Crippen LogP contribution in [0.15, 0.2) is 23.8 Å². The lowest BCUT2D eigenvalue weighted by Gasteiger charge is -2.26. The Morgan fingerprint density at radius 2 is 2.04 bits per heavy atom. The van der Waals surface area contributed by atoms with Crippen LogP contribution in [0.25, 0.3) is 6.08 Å². The molecule has 144 valence electrons. The zero-order chi connectivity index (χ0) is 19.6. The maximum Gasteiger partial charge on any atom is 0.261 e. The van der Waals surface area contributed by atoms with E-state index < -0.39 is 5.91 Å². The van der Waals surface area contributed by atoms with Crippen molar-refractivity contribution in [2.24, 2.45) is 0 Å². The van der Waals surface area contributed by atoms with Gasteiger partial charge in [0.15, 0.2) is 18.1 Å². The minimum Gasteiger partial charge on any atom is -0.490 e. The van der Waals surface area contributed by atoms with Crippen molar-refractivity contribution in [1.29, 1.82) is 5.26 Å². The smallest absolute Gasteiger partial charge is 0.261 e. The number of hydrogen-bond donors (Lipinski definition) is 1. The number of rotatable bonds is 7.